The molecule has 0 radical (unpaired) electrons. The fourth-order valence-corrected chi connectivity index (χ4v) is 3.89. The minimum atomic E-state index is -0.0881. The summed E-state index contributed by atoms with van der Waals surface area (Å²) in [5.41, 5.74) is 4.04. The minimum Gasteiger partial charge on any atom is -0.296 e. The molecular formula is C20H13N3OS. The van der Waals surface area contributed by atoms with Gasteiger partial charge in [-0.1, -0.05) is 42.5 Å². The van der Waals surface area contributed by atoms with Crippen molar-refractivity contribution in [1.82, 2.24) is 14.6 Å². The van der Waals surface area contributed by atoms with Crippen LogP contribution >= 0.6 is 11.3 Å². The van der Waals surface area contributed by atoms with Crippen LogP contribution < -0.4 is 5.56 Å². The first kappa shape index (κ1) is 14.2. The molecule has 3 aromatic heterocycles. The molecule has 0 bridgehead atoms. The molecule has 5 rings (SSSR count). The molecule has 0 saturated carbocycles. The first-order chi connectivity index (χ1) is 12.3. The fourth-order valence-electron chi connectivity index (χ4n) is 3.23. The number of nitrogens with zero attached hydrogens (tertiary/aromatic N) is 2. The Morgan fingerprint density at radius 3 is 2.72 bits per heavy atom. The Morgan fingerprint density at radius 1 is 0.960 bits per heavy atom. The first-order valence-corrected chi connectivity index (χ1v) is 8.87. The lowest BCUT2D eigenvalue weighted by atomic mass is 10.0. The number of fused-ring (bicyclic) bond motifs is 2. The van der Waals surface area contributed by atoms with Crippen molar-refractivity contribution in [2.24, 2.45) is 0 Å². The van der Waals surface area contributed by atoms with Gasteiger partial charge in [-0.05, 0) is 38.7 Å². The summed E-state index contributed by atoms with van der Waals surface area (Å²) in [5.74, 6) is 0. The summed E-state index contributed by atoms with van der Waals surface area (Å²) >= 11 is 1.57. The third kappa shape index (κ3) is 2.13. The summed E-state index contributed by atoms with van der Waals surface area (Å²) in [7, 11) is 0. The second-order valence-electron chi connectivity index (χ2n) is 5.86. The third-order valence-electron chi connectivity index (χ3n) is 4.45. The highest BCUT2D eigenvalue weighted by Crippen LogP contribution is 2.30. The average molecular weight is 343 g/mol. The lowest BCUT2D eigenvalue weighted by molar-refractivity contribution is 0.902. The van der Waals surface area contributed by atoms with Gasteiger partial charge in [0.05, 0.1) is 5.56 Å². The van der Waals surface area contributed by atoms with Crippen molar-refractivity contribution < 1.29 is 0 Å². The summed E-state index contributed by atoms with van der Waals surface area (Å²) in [6.07, 6.45) is 3.52. The van der Waals surface area contributed by atoms with Crippen molar-refractivity contribution >= 4 is 27.8 Å². The van der Waals surface area contributed by atoms with Crippen LogP contribution in [-0.4, -0.2) is 14.6 Å². The number of benzene rings is 2. The number of aromatic nitrogens is 3. The van der Waals surface area contributed by atoms with Gasteiger partial charge in [0.1, 0.15) is 0 Å². The zero-order chi connectivity index (χ0) is 16.8. The normalized spacial score (nSPS) is 11.4. The first-order valence-electron chi connectivity index (χ1n) is 7.93. The molecule has 120 valence electrons. The maximum absolute atomic E-state index is 12.8. The van der Waals surface area contributed by atoms with E-state index in [9.17, 15) is 4.79 Å². The second-order valence-corrected chi connectivity index (χ2v) is 6.64. The van der Waals surface area contributed by atoms with E-state index in [1.165, 1.54) is 4.52 Å². The molecule has 3 heterocycles. The summed E-state index contributed by atoms with van der Waals surface area (Å²) in [4.78, 5) is 17.4. The van der Waals surface area contributed by atoms with E-state index in [4.69, 9.17) is 0 Å². The Morgan fingerprint density at radius 2 is 1.84 bits per heavy atom. The van der Waals surface area contributed by atoms with Crippen LogP contribution in [0.25, 0.3) is 38.7 Å². The molecule has 0 unspecified atom stereocenters. The molecule has 0 aliphatic rings. The largest absolute Gasteiger partial charge is 0.296 e. The van der Waals surface area contributed by atoms with Gasteiger partial charge in [-0.15, -0.1) is 0 Å². The van der Waals surface area contributed by atoms with E-state index in [1.807, 2.05) is 41.2 Å². The highest BCUT2D eigenvalue weighted by atomic mass is 32.1. The zero-order valence-electron chi connectivity index (χ0n) is 13.1. The van der Waals surface area contributed by atoms with Crippen LogP contribution in [0.3, 0.4) is 0 Å². The van der Waals surface area contributed by atoms with Crippen LogP contribution in [0, 0.1) is 0 Å². The molecule has 0 fully saturated rings. The van der Waals surface area contributed by atoms with Crippen molar-refractivity contribution in [2.45, 2.75) is 0 Å². The maximum atomic E-state index is 12.8. The molecule has 0 spiro atoms. The Bertz CT molecular complexity index is 1260. The van der Waals surface area contributed by atoms with Crippen molar-refractivity contribution in [2.75, 3.05) is 0 Å². The molecule has 4 nitrogen and oxygen atoms in total. The van der Waals surface area contributed by atoms with Gasteiger partial charge in [0.15, 0.2) is 5.65 Å². The van der Waals surface area contributed by atoms with Gasteiger partial charge < -0.3 is 0 Å². The monoisotopic (exact) mass is 343 g/mol. The standard InChI is InChI=1S/C20H13N3OS/c24-20-17(14-8-9-25-12-14)10-21-19-18(11-22-23(19)20)16-7-3-5-13-4-1-2-6-15(13)16/h1-12,22H. The number of rotatable bonds is 2. The molecule has 0 aliphatic heterocycles. The van der Waals surface area contributed by atoms with Gasteiger partial charge in [-0.25, -0.2) is 9.50 Å². The van der Waals surface area contributed by atoms with Crippen LogP contribution in [0.4, 0.5) is 0 Å². The molecule has 5 aromatic rings. The van der Waals surface area contributed by atoms with E-state index < -0.39 is 0 Å². The van der Waals surface area contributed by atoms with Crippen LogP contribution in [-0.2, 0) is 0 Å². The minimum absolute atomic E-state index is 0.0881. The molecule has 5 heteroatoms. The van der Waals surface area contributed by atoms with Crippen LogP contribution in [0.2, 0.25) is 0 Å². The van der Waals surface area contributed by atoms with Gasteiger partial charge in [-0.3, -0.25) is 9.89 Å². The molecule has 1 N–H and O–H groups in total. The quantitative estimate of drug-likeness (QED) is 0.510. The van der Waals surface area contributed by atoms with E-state index >= 15 is 0 Å². The molecule has 0 amide bonds. The average Bonchev–Trinajstić information content (AvgIpc) is 3.32. The smallest absolute Gasteiger partial charge is 0.280 e. The number of H-pyrrole nitrogens is 1. The van der Waals surface area contributed by atoms with Crippen LogP contribution in [0.1, 0.15) is 0 Å². The molecule has 0 atom stereocenters. The lowest BCUT2D eigenvalue weighted by Crippen LogP contribution is -2.16. The van der Waals surface area contributed by atoms with Crippen molar-refractivity contribution in [1.29, 1.82) is 0 Å². The Labute approximate surface area is 147 Å². The lowest BCUT2D eigenvalue weighted by Gasteiger charge is -2.05. The summed E-state index contributed by atoms with van der Waals surface area (Å²) in [6.45, 7) is 0. The predicted octanol–water partition coefficient (Wildman–Crippen LogP) is 4.57. The van der Waals surface area contributed by atoms with E-state index in [0.717, 1.165) is 27.5 Å². The van der Waals surface area contributed by atoms with Gasteiger partial charge in [0.2, 0.25) is 0 Å². The molecule has 0 saturated heterocycles. The number of hydrogen-bond donors (Lipinski definition) is 1. The third-order valence-corrected chi connectivity index (χ3v) is 5.14. The molecular weight excluding hydrogens is 330 g/mol. The zero-order valence-corrected chi connectivity index (χ0v) is 14.0. The van der Waals surface area contributed by atoms with Crippen molar-refractivity contribution in [3.8, 4) is 22.3 Å². The number of hydrogen-bond acceptors (Lipinski definition) is 3. The SMILES string of the molecule is O=c1c(-c2ccsc2)cnc2c(-c3cccc4ccccc34)c[nH]n12. The topological polar surface area (TPSA) is 50.2 Å². The van der Waals surface area contributed by atoms with E-state index in [1.54, 1.807) is 17.5 Å². The Hall–Kier alpha value is -3.18. The summed E-state index contributed by atoms with van der Waals surface area (Å²) < 4.78 is 1.52. The van der Waals surface area contributed by atoms with Crippen LogP contribution in [0.15, 0.2) is 76.5 Å². The van der Waals surface area contributed by atoms with Crippen LogP contribution in [0.5, 0.6) is 0 Å². The van der Waals surface area contributed by atoms with Gasteiger partial charge >= 0.3 is 0 Å². The van der Waals surface area contributed by atoms with Crippen molar-refractivity contribution in [3.63, 3.8) is 0 Å². The number of nitrogens with one attached hydrogen (secondary N) is 1. The molecule has 2 aromatic carbocycles. The van der Waals surface area contributed by atoms with Crippen molar-refractivity contribution in [3.05, 3.63) is 82.0 Å². The highest BCUT2D eigenvalue weighted by Gasteiger charge is 2.14. The second kappa shape index (κ2) is 5.43. The number of aromatic amines is 1. The molecule has 25 heavy (non-hydrogen) atoms. The Balaban J connectivity index is 1.79. The summed E-state index contributed by atoms with van der Waals surface area (Å²) in [5, 5.41) is 9.29. The predicted molar refractivity (Wildman–Crippen MR) is 102 cm³/mol. The van der Waals surface area contributed by atoms with E-state index in [0.29, 0.717) is 11.2 Å². The van der Waals surface area contributed by atoms with Gasteiger partial charge in [-0.2, -0.15) is 11.3 Å². The maximum Gasteiger partial charge on any atom is 0.280 e. The summed E-state index contributed by atoms with van der Waals surface area (Å²) in [6, 6.07) is 16.3. The number of thiophene rings is 1. The highest BCUT2D eigenvalue weighted by molar-refractivity contribution is 7.08. The Kier molecular flexibility index (Phi) is 3.08. The fraction of sp³-hybridized carbons (Fsp3) is 0. The van der Waals surface area contributed by atoms with Gasteiger partial charge in [0, 0.05) is 18.0 Å². The van der Waals surface area contributed by atoms with E-state index in [2.05, 4.69) is 34.3 Å². The van der Waals surface area contributed by atoms with Gasteiger partial charge in [0.25, 0.3) is 5.56 Å². The molecule has 0 aliphatic carbocycles. The van der Waals surface area contributed by atoms with E-state index in [-0.39, 0.29) is 5.56 Å².